The van der Waals surface area contributed by atoms with Crippen molar-refractivity contribution in [2.45, 2.75) is 70.7 Å². The second-order valence-electron chi connectivity index (χ2n) is 7.41. The molecule has 1 saturated carbocycles. The molecular weight excluding hydrogens is 288 g/mol. The Bertz CT molecular complexity index is 349. The Morgan fingerprint density at radius 2 is 1.89 bits per heavy atom. The molecule has 2 aliphatic rings. The lowest BCUT2D eigenvalue weighted by molar-refractivity contribution is 0.0367. The topological polar surface area (TPSA) is 9.23 Å². The van der Waals surface area contributed by atoms with Gasteiger partial charge in [-0.2, -0.15) is 0 Å². The average Bonchev–Trinajstić information content (AvgIpc) is 2.53. The van der Waals surface area contributed by atoms with Crippen molar-refractivity contribution in [3.63, 3.8) is 0 Å². The van der Waals surface area contributed by atoms with Crippen LogP contribution < -0.4 is 0 Å². The number of hydrogen-bond donors (Lipinski definition) is 0. The molecule has 1 aliphatic carbocycles. The quantitative estimate of drug-likeness (QED) is 0.484. The van der Waals surface area contributed by atoms with Gasteiger partial charge in [-0.15, -0.1) is 0 Å². The largest absolute Gasteiger partial charge is 0.367 e. The maximum atomic E-state index is 6.09. The highest BCUT2D eigenvalue weighted by molar-refractivity contribution is 9.09. The molecule has 0 saturated heterocycles. The minimum Gasteiger partial charge on any atom is -0.367 e. The van der Waals surface area contributed by atoms with Crippen molar-refractivity contribution in [3.05, 3.63) is 11.1 Å². The Labute approximate surface area is 120 Å². The van der Waals surface area contributed by atoms with E-state index in [0.717, 1.165) is 12.5 Å². The van der Waals surface area contributed by atoms with Crippen LogP contribution in [0.5, 0.6) is 0 Å². The van der Waals surface area contributed by atoms with Gasteiger partial charge in [-0.05, 0) is 55.6 Å². The summed E-state index contributed by atoms with van der Waals surface area (Å²) in [5, 5.41) is 0. The van der Waals surface area contributed by atoms with E-state index in [2.05, 4.69) is 50.5 Å². The van der Waals surface area contributed by atoms with Gasteiger partial charge in [0.1, 0.15) is 0 Å². The van der Waals surface area contributed by atoms with E-state index in [9.17, 15) is 0 Å². The van der Waals surface area contributed by atoms with Gasteiger partial charge >= 0.3 is 0 Å². The monoisotopic (exact) mass is 314 g/mol. The number of hydrogen-bond acceptors (Lipinski definition) is 1. The van der Waals surface area contributed by atoms with E-state index in [1.54, 1.807) is 11.1 Å². The average molecular weight is 315 g/mol. The van der Waals surface area contributed by atoms with Crippen LogP contribution in [0.2, 0.25) is 0 Å². The predicted molar refractivity (Wildman–Crippen MR) is 81.2 cm³/mol. The minimum absolute atomic E-state index is 0.0765. The summed E-state index contributed by atoms with van der Waals surface area (Å²) in [6, 6.07) is 0. The third kappa shape index (κ3) is 2.85. The predicted octanol–water partition coefficient (Wildman–Crippen LogP) is 5.09. The number of rotatable bonds is 1. The maximum Gasteiger partial charge on any atom is 0.0848 e. The van der Waals surface area contributed by atoms with Crippen molar-refractivity contribution in [1.29, 1.82) is 0 Å². The fraction of sp³-hybridized carbons (Fsp3) is 0.875. The highest BCUT2D eigenvalue weighted by Gasteiger charge is 2.42. The van der Waals surface area contributed by atoms with E-state index in [1.807, 2.05) is 0 Å². The first-order chi connectivity index (χ1) is 8.22. The second kappa shape index (κ2) is 4.94. The molecule has 2 rings (SSSR count). The van der Waals surface area contributed by atoms with E-state index in [1.165, 1.54) is 25.7 Å². The highest BCUT2D eigenvalue weighted by atomic mass is 79.9. The Balaban J connectivity index is 2.33. The van der Waals surface area contributed by atoms with Crippen LogP contribution in [0.1, 0.15) is 60.3 Å². The third-order valence-electron chi connectivity index (χ3n) is 4.36. The van der Waals surface area contributed by atoms with Crippen LogP contribution >= 0.6 is 15.9 Å². The lowest BCUT2D eigenvalue weighted by Crippen LogP contribution is -2.30. The highest BCUT2D eigenvalue weighted by Crippen LogP contribution is 2.47. The molecule has 0 radical (unpaired) electrons. The Kier molecular flexibility index (Phi) is 4.00. The molecule has 0 bridgehead atoms. The summed E-state index contributed by atoms with van der Waals surface area (Å²) in [5.74, 6) is 0.735. The second-order valence-corrected chi connectivity index (χ2v) is 8.70. The standard InChI is InChI=1S/C16H27BrO/c1-15(2,3)14-13(10-18-16(14,4)5)11-7-6-8-12(17)9-11/h11-12H,6-10H2,1-5H3. The third-order valence-corrected chi connectivity index (χ3v) is 5.20. The zero-order chi connectivity index (χ0) is 13.6. The SMILES string of the molecule is CC(C)(C)C1=C(C2CCCC(Br)C2)COC1(C)C. The van der Waals surface area contributed by atoms with Gasteiger partial charge < -0.3 is 4.74 Å². The molecule has 0 aromatic rings. The molecule has 0 N–H and O–H groups in total. The zero-order valence-electron chi connectivity index (χ0n) is 12.5. The van der Waals surface area contributed by atoms with Crippen molar-refractivity contribution in [3.8, 4) is 0 Å². The minimum atomic E-state index is -0.0765. The molecular formula is C16H27BrO. The van der Waals surface area contributed by atoms with Crippen LogP contribution in [0, 0.1) is 11.3 Å². The number of alkyl halides is 1. The van der Waals surface area contributed by atoms with Gasteiger partial charge in [0.25, 0.3) is 0 Å². The van der Waals surface area contributed by atoms with Gasteiger partial charge in [-0.25, -0.2) is 0 Å². The van der Waals surface area contributed by atoms with Crippen molar-refractivity contribution in [1.82, 2.24) is 0 Å². The first-order valence-corrected chi connectivity index (χ1v) is 8.15. The smallest absolute Gasteiger partial charge is 0.0848 e. The van der Waals surface area contributed by atoms with E-state index < -0.39 is 0 Å². The molecule has 2 atom stereocenters. The van der Waals surface area contributed by atoms with Crippen molar-refractivity contribution < 1.29 is 4.74 Å². The lowest BCUT2D eigenvalue weighted by atomic mass is 9.72. The molecule has 18 heavy (non-hydrogen) atoms. The normalized spacial score (nSPS) is 33.0. The van der Waals surface area contributed by atoms with Crippen LogP contribution in [0.3, 0.4) is 0 Å². The Hall–Kier alpha value is 0.180. The Morgan fingerprint density at radius 1 is 1.22 bits per heavy atom. The molecule has 1 heterocycles. The van der Waals surface area contributed by atoms with Gasteiger partial charge in [0.05, 0.1) is 12.2 Å². The van der Waals surface area contributed by atoms with Crippen LogP contribution in [0.25, 0.3) is 0 Å². The fourth-order valence-corrected chi connectivity index (χ4v) is 4.72. The van der Waals surface area contributed by atoms with Crippen LogP contribution in [-0.4, -0.2) is 17.0 Å². The summed E-state index contributed by atoms with van der Waals surface area (Å²) in [5.41, 5.74) is 3.31. The first kappa shape index (κ1) is 14.6. The van der Waals surface area contributed by atoms with Gasteiger partial charge in [0, 0.05) is 4.83 Å². The summed E-state index contributed by atoms with van der Waals surface area (Å²) in [7, 11) is 0. The van der Waals surface area contributed by atoms with Crippen LogP contribution in [0.15, 0.2) is 11.1 Å². The summed E-state index contributed by atoms with van der Waals surface area (Å²) < 4.78 is 6.09. The Morgan fingerprint density at radius 3 is 2.44 bits per heavy atom. The maximum absolute atomic E-state index is 6.09. The van der Waals surface area contributed by atoms with Crippen molar-refractivity contribution in [2.75, 3.05) is 6.61 Å². The molecule has 2 unspecified atom stereocenters. The van der Waals surface area contributed by atoms with E-state index in [4.69, 9.17) is 4.74 Å². The fourth-order valence-electron chi connectivity index (χ4n) is 3.94. The molecule has 1 fully saturated rings. The van der Waals surface area contributed by atoms with E-state index in [0.29, 0.717) is 4.83 Å². The van der Waals surface area contributed by atoms with E-state index in [-0.39, 0.29) is 11.0 Å². The van der Waals surface area contributed by atoms with Gasteiger partial charge in [0.2, 0.25) is 0 Å². The lowest BCUT2D eigenvalue weighted by Gasteiger charge is -2.34. The number of ether oxygens (including phenoxy) is 1. The molecule has 0 aromatic carbocycles. The molecule has 2 heteroatoms. The van der Waals surface area contributed by atoms with Gasteiger partial charge in [-0.3, -0.25) is 0 Å². The van der Waals surface area contributed by atoms with Crippen molar-refractivity contribution >= 4 is 15.9 Å². The summed E-state index contributed by atoms with van der Waals surface area (Å²) in [6.07, 6.45) is 5.31. The molecule has 1 nitrogen and oxygen atoms in total. The zero-order valence-corrected chi connectivity index (χ0v) is 14.1. The molecule has 104 valence electrons. The molecule has 1 aliphatic heterocycles. The van der Waals surface area contributed by atoms with Gasteiger partial charge in [-0.1, -0.05) is 43.1 Å². The molecule has 0 amide bonds. The number of halogens is 1. The van der Waals surface area contributed by atoms with Gasteiger partial charge in [0.15, 0.2) is 0 Å². The van der Waals surface area contributed by atoms with Crippen LogP contribution in [-0.2, 0) is 4.74 Å². The molecule has 0 aromatic heterocycles. The van der Waals surface area contributed by atoms with Crippen molar-refractivity contribution in [2.24, 2.45) is 11.3 Å². The van der Waals surface area contributed by atoms with E-state index >= 15 is 0 Å². The molecule has 0 spiro atoms. The summed E-state index contributed by atoms with van der Waals surface area (Å²) in [4.78, 5) is 0.702. The summed E-state index contributed by atoms with van der Waals surface area (Å²) in [6.45, 7) is 12.3. The first-order valence-electron chi connectivity index (χ1n) is 7.24. The summed E-state index contributed by atoms with van der Waals surface area (Å²) >= 11 is 3.81. The van der Waals surface area contributed by atoms with Crippen LogP contribution in [0.4, 0.5) is 0 Å².